The number of ether oxygens (including phenoxy) is 1. The van der Waals surface area contributed by atoms with Crippen molar-refractivity contribution in [3.63, 3.8) is 0 Å². The Labute approximate surface area is 120 Å². The zero-order valence-electron chi connectivity index (χ0n) is 11.9. The Kier molecular flexibility index (Phi) is 3.75. The highest BCUT2D eigenvalue weighted by Gasteiger charge is 2.12. The van der Waals surface area contributed by atoms with Gasteiger partial charge in [-0.1, -0.05) is 42.0 Å². The van der Waals surface area contributed by atoms with Gasteiger partial charge in [-0.05, 0) is 42.5 Å². The van der Waals surface area contributed by atoms with Gasteiger partial charge in [0.15, 0.2) is 0 Å². The van der Waals surface area contributed by atoms with E-state index in [1.807, 2.05) is 0 Å². The van der Waals surface area contributed by atoms with Crippen LogP contribution in [0.3, 0.4) is 0 Å². The third-order valence-corrected chi connectivity index (χ3v) is 3.97. The van der Waals surface area contributed by atoms with E-state index in [-0.39, 0.29) is 6.04 Å². The lowest BCUT2D eigenvalue weighted by Crippen LogP contribution is -2.11. The molecule has 104 valence electrons. The van der Waals surface area contributed by atoms with E-state index in [0.717, 1.165) is 31.6 Å². The minimum Gasteiger partial charge on any atom is -0.493 e. The molecule has 0 saturated carbocycles. The van der Waals surface area contributed by atoms with Crippen molar-refractivity contribution in [1.29, 1.82) is 0 Å². The Balaban J connectivity index is 1.64. The Hall–Kier alpha value is -1.80. The second-order valence-corrected chi connectivity index (χ2v) is 5.60. The van der Waals surface area contributed by atoms with Gasteiger partial charge in [-0.15, -0.1) is 0 Å². The summed E-state index contributed by atoms with van der Waals surface area (Å²) in [7, 11) is 0. The first-order valence-corrected chi connectivity index (χ1v) is 7.29. The molecule has 20 heavy (non-hydrogen) atoms. The second kappa shape index (κ2) is 5.68. The molecule has 0 bridgehead atoms. The molecule has 2 heteroatoms. The number of rotatable bonds is 4. The number of hydrogen-bond acceptors (Lipinski definition) is 2. The van der Waals surface area contributed by atoms with Crippen LogP contribution >= 0.6 is 0 Å². The summed E-state index contributed by atoms with van der Waals surface area (Å²) < 4.78 is 5.54. The number of benzene rings is 2. The van der Waals surface area contributed by atoms with E-state index in [9.17, 15) is 0 Å². The minimum atomic E-state index is 0.111. The molecule has 0 aliphatic carbocycles. The molecule has 2 aromatic carbocycles. The third kappa shape index (κ3) is 2.86. The van der Waals surface area contributed by atoms with Crippen LogP contribution in [-0.4, -0.2) is 6.61 Å². The van der Waals surface area contributed by atoms with Crippen LogP contribution in [0.1, 0.15) is 34.7 Å². The molecule has 0 amide bonds. The maximum atomic E-state index is 6.30. The van der Waals surface area contributed by atoms with E-state index in [4.69, 9.17) is 10.5 Å². The summed E-state index contributed by atoms with van der Waals surface area (Å²) in [6.07, 6.45) is 3.03. The van der Waals surface area contributed by atoms with Crippen molar-refractivity contribution < 1.29 is 4.74 Å². The lowest BCUT2D eigenvalue weighted by atomic mass is 9.97. The lowest BCUT2D eigenvalue weighted by molar-refractivity contribution is 0.357. The molecular weight excluding hydrogens is 246 g/mol. The standard InChI is InChI=1S/C18H21NO/c1-13-3-2-4-15(11-13)17(19)7-5-14-6-8-18-16(12-14)9-10-20-18/h2-4,6,8,11-12,17H,5,7,9-10,19H2,1H3. The molecule has 1 unspecified atom stereocenters. The van der Waals surface area contributed by atoms with E-state index < -0.39 is 0 Å². The van der Waals surface area contributed by atoms with Crippen molar-refractivity contribution in [2.75, 3.05) is 6.61 Å². The quantitative estimate of drug-likeness (QED) is 0.919. The SMILES string of the molecule is Cc1cccc(C(N)CCc2ccc3c(c2)CCO3)c1. The summed E-state index contributed by atoms with van der Waals surface area (Å²) in [5.74, 6) is 1.05. The van der Waals surface area contributed by atoms with Crippen molar-refractivity contribution in [3.05, 3.63) is 64.7 Å². The molecule has 1 aliphatic heterocycles. The van der Waals surface area contributed by atoms with Gasteiger partial charge >= 0.3 is 0 Å². The van der Waals surface area contributed by atoms with Gasteiger partial charge in [0.25, 0.3) is 0 Å². The number of fused-ring (bicyclic) bond motifs is 1. The summed E-state index contributed by atoms with van der Waals surface area (Å²) in [5, 5.41) is 0. The Morgan fingerprint density at radius 1 is 1.20 bits per heavy atom. The fourth-order valence-corrected chi connectivity index (χ4v) is 2.79. The summed E-state index contributed by atoms with van der Waals surface area (Å²) in [5.41, 5.74) is 11.5. The first kappa shape index (κ1) is 13.2. The summed E-state index contributed by atoms with van der Waals surface area (Å²) in [4.78, 5) is 0. The summed E-state index contributed by atoms with van der Waals surface area (Å²) >= 11 is 0. The fourth-order valence-electron chi connectivity index (χ4n) is 2.79. The number of hydrogen-bond donors (Lipinski definition) is 1. The molecule has 2 N–H and O–H groups in total. The zero-order valence-corrected chi connectivity index (χ0v) is 11.9. The van der Waals surface area contributed by atoms with E-state index in [2.05, 4.69) is 49.4 Å². The van der Waals surface area contributed by atoms with Crippen molar-refractivity contribution in [3.8, 4) is 5.75 Å². The van der Waals surface area contributed by atoms with Crippen LogP contribution in [0, 0.1) is 6.92 Å². The first-order chi connectivity index (χ1) is 9.72. The van der Waals surface area contributed by atoms with E-state index in [1.165, 1.54) is 22.3 Å². The summed E-state index contributed by atoms with van der Waals surface area (Å²) in [6.45, 7) is 2.93. The van der Waals surface area contributed by atoms with Crippen LogP contribution in [0.2, 0.25) is 0 Å². The van der Waals surface area contributed by atoms with E-state index >= 15 is 0 Å². The van der Waals surface area contributed by atoms with Crippen LogP contribution in [0.5, 0.6) is 5.75 Å². The molecule has 1 atom stereocenters. The van der Waals surface area contributed by atoms with Gasteiger partial charge in [-0.3, -0.25) is 0 Å². The van der Waals surface area contributed by atoms with Crippen molar-refractivity contribution in [1.82, 2.24) is 0 Å². The van der Waals surface area contributed by atoms with Gasteiger partial charge in [0.05, 0.1) is 6.61 Å². The Morgan fingerprint density at radius 2 is 2.10 bits per heavy atom. The van der Waals surface area contributed by atoms with E-state index in [0.29, 0.717) is 0 Å². The van der Waals surface area contributed by atoms with Crippen LogP contribution in [0.15, 0.2) is 42.5 Å². The monoisotopic (exact) mass is 267 g/mol. The molecule has 2 nitrogen and oxygen atoms in total. The average molecular weight is 267 g/mol. The van der Waals surface area contributed by atoms with Gasteiger partial charge < -0.3 is 10.5 Å². The summed E-state index contributed by atoms with van der Waals surface area (Å²) in [6, 6.07) is 15.1. The zero-order chi connectivity index (χ0) is 13.9. The van der Waals surface area contributed by atoms with Crippen molar-refractivity contribution in [2.45, 2.75) is 32.2 Å². The predicted molar refractivity (Wildman–Crippen MR) is 82.1 cm³/mol. The van der Waals surface area contributed by atoms with Crippen LogP contribution in [-0.2, 0) is 12.8 Å². The van der Waals surface area contributed by atoms with Gasteiger partial charge in [0.2, 0.25) is 0 Å². The lowest BCUT2D eigenvalue weighted by Gasteiger charge is -2.13. The topological polar surface area (TPSA) is 35.2 Å². The van der Waals surface area contributed by atoms with Gasteiger partial charge in [-0.2, -0.15) is 0 Å². The molecule has 1 heterocycles. The van der Waals surface area contributed by atoms with Crippen LogP contribution < -0.4 is 10.5 Å². The maximum Gasteiger partial charge on any atom is 0.122 e. The highest BCUT2D eigenvalue weighted by Crippen LogP contribution is 2.27. The van der Waals surface area contributed by atoms with Crippen LogP contribution in [0.4, 0.5) is 0 Å². The average Bonchev–Trinajstić information content (AvgIpc) is 2.92. The molecule has 3 rings (SSSR count). The highest BCUT2D eigenvalue weighted by molar-refractivity contribution is 5.40. The molecule has 0 spiro atoms. The highest BCUT2D eigenvalue weighted by atomic mass is 16.5. The molecule has 0 saturated heterocycles. The molecular formula is C18H21NO. The van der Waals surface area contributed by atoms with Gasteiger partial charge in [0, 0.05) is 12.5 Å². The van der Waals surface area contributed by atoms with Crippen molar-refractivity contribution in [2.24, 2.45) is 5.73 Å². The van der Waals surface area contributed by atoms with Gasteiger partial charge in [-0.25, -0.2) is 0 Å². The van der Waals surface area contributed by atoms with E-state index in [1.54, 1.807) is 0 Å². The van der Waals surface area contributed by atoms with Gasteiger partial charge in [0.1, 0.15) is 5.75 Å². The van der Waals surface area contributed by atoms with Crippen molar-refractivity contribution >= 4 is 0 Å². The van der Waals surface area contributed by atoms with Crippen LogP contribution in [0.25, 0.3) is 0 Å². The smallest absolute Gasteiger partial charge is 0.122 e. The Bertz CT molecular complexity index is 606. The fraction of sp³-hybridized carbons (Fsp3) is 0.333. The first-order valence-electron chi connectivity index (χ1n) is 7.29. The largest absolute Gasteiger partial charge is 0.493 e. The Morgan fingerprint density at radius 3 is 2.95 bits per heavy atom. The maximum absolute atomic E-state index is 6.30. The third-order valence-electron chi connectivity index (χ3n) is 3.97. The minimum absolute atomic E-state index is 0.111. The molecule has 0 aromatic heterocycles. The molecule has 1 aliphatic rings. The number of aryl methyl sites for hydroxylation is 2. The molecule has 0 fully saturated rings. The normalized spacial score (nSPS) is 14.7. The molecule has 0 radical (unpaired) electrons. The predicted octanol–water partition coefficient (Wildman–Crippen LogP) is 3.56. The second-order valence-electron chi connectivity index (χ2n) is 5.60. The number of nitrogens with two attached hydrogens (primary N) is 1. The molecule has 2 aromatic rings.